The molecule has 1 aromatic carbocycles. The Morgan fingerprint density at radius 1 is 1.45 bits per heavy atom. The molecule has 0 fully saturated rings. The number of benzene rings is 1. The number of carbonyl (C=O) groups excluding carboxylic acids is 1. The molecular weight excluding hydrogens is 390 g/mol. The van der Waals surface area contributed by atoms with E-state index in [1.165, 1.54) is 13.2 Å². The third-order valence-corrected chi connectivity index (χ3v) is 3.36. The minimum Gasteiger partial charge on any atom is -0.492 e. The lowest BCUT2D eigenvalue weighted by Gasteiger charge is -2.11. The van der Waals surface area contributed by atoms with Gasteiger partial charge in [0.05, 0.1) is 18.2 Å². The van der Waals surface area contributed by atoms with E-state index >= 15 is 0 Å². The van der Waals surface area contributed by atoms with Gasteiger partial charge in [0.15, 0.2) is 0 Å². The molecule has 0 N–H and O–H groups in total. The second-order valence-corrected chi connectivity index (χ2v) is 5.59. The summed E-state index contributed by atoms with van der Waals surface area (Å²) in [4.78, 5) is 11.5. The first-order valence-electron chi connectivity index (χ1n) is 5.85. The Bertz CT molecular complexity index is 577. The summed E-state index contributed by atoms with van der Waals surface area (Å²) in [5.74, 6) is -0.0863. The summed E-state index contributed by atoms with van der Waals surface area (Å²) in [5, 5.41) is 9.01. The van der Waals surface area contributed by atoms with E-state index in [0.717, 1.165) is 15.4 Å². The number of hydrogen-bond acceptors (Lipinski definition) is 4. The molecular formula is C14H13Br2NO3. The first kappa shape index (κ1) is 16.7. The Morgan fingerprint density at radius 3 is 2.70 bits per heavy atom. The Morgan fingerprint density at radius 2 is 2.15 bits per heavy atom. The Labute approximate surface area is 134 Å². The number of carbonyl (C=O) groups is 1. The van der Waals surface area contributed by atoms with Gasteiger partial charge >= 0.3 is 5.97 Å². The largest absolute Gasteiger partial charge is 0.492 e. The molecule has 106 valence electrons. The molecule has 0 aliphatic heterocycles. The number of esters is 1. The smallest absolute Gasteiger partial charge is 0.348 e. The van der Waals surface area contributed by atoms with Crippen LogP contribution in [0.25, 0.3) is 6.08 Å². The van der Waals surface area contributed by atoms with Gasteiger partial charge in [-0.25, -0.2) is 4.79 Å². The van der Waals surface area contributed by atoms with Gasteiger partial charge in [0.25, 0.3) is 0 Å². The van der Waals surface area contributed by atoms with Gasteiger partial charge in [-0.3, -0.25) is 0 Å². The SMILES string of the molecule is CCCOc1c(Br)cc(Br)cc1/C=C(\C#N)C(=O)OC. The molecule has 0 saturated carbocycles. The zero-order valence-electron chi connectivity index (χ0n) is 11.1. The van der Waals surface area contributed by atoms with E-state index in [2.05, 4.69) is 36.6 Å². The molecule has 0 spiro atoms. The van der Waals surface area contributed by atoms with Crippen LogP contribution in [0.4, 0.5) is 0 Å². The minimum absolute atomic E-state index is 0.0844. The topological polar surface area (TPSA) is 59.3 Å². The van der Waals surface area contributed by atoms with Crippen LogP contribution in [0.3, 0.4) is 0 Å². The van der Waals surface area contributed by atoms with Crippen LogP contribution in [0.15, 0.2) is 26.7 Å². The van der Waals surface area contributed by atoms with Crippen LogP contribution in [0, 0.1) is 11.3 Å². The predicted molar refractivity (Wildman–Crippen MR) is 83.2 cm³/mol. The fourth-order valence-corrected chi connectivity index (χ4v) is 2.82. The maximum absolute atomic E-state index is 11.5. The molecule has 0 aliphatic rings. The second-order valence-electron chi connectivity index (χ2n) is 3.82. The van der Waals surface area contributed by atoms with Gasteiger partial charge in [0, 0.05) is 10.0 Å². The summed E-state index contributed by atoms with van der Waals surface area (Å²) in [6, 6.07) is 5.44. The lowest BCUT2D eigenvalue weighted by Crippen LogP contribution is -2.03. The molecule has 0 saturated heterocycles. The summed E-state index contributed by atoms with van der Waals surface area (Å²) in [6.07, 6.45) is 2.31. The van der Waals surface area contributed by atoms with Gasteiger partial charge in [-0.1, -0.05) is 22.9 Å². The van der Waals surface area contributed by atoms with Gasteiger partial charge in [-0.15, -0.1) is 0 Å². The zero-order chi connectivity index (χ0) is 15.1. The summed E-state index contributed by atoms with van der Waals surface area (Å²) in [5.41, 5.74) is 0.542. The lowest BCUT2D eigenvalue weighted by molar-refractivity contribution is -0.135. The maximum Gasteiger partial charge on any atom is 0.348 e. The average molecular weight is 403 g/mol. The number of halogens is 2. The molecule has 0 aliphatic carbocycles. The van der Waals surface area contributed by atoms with Crippen molar-refractivity contribution >= 4 is 43.9 Å². The molecule has 0 atom stereocenters. The number of hydrogen-bond donors (Lipinski definition) is 0. The van der Waals surface area contributed by atoms with Crippen molar-refractivity contribution in [2.45, 2.75) is 13.3 Å². The van der Waals surface area contributed by atoms with Gasteiger partial charge in [-0.2, -0.15) is 5.26 Å². The maximum atomic E-state index is 11.5. The molecule has 1 rings (SSSR count). The third-order valence-electron chi connectivity index (χ3n) is 2.31. The summed E-state index contributed by atoms with van der Waals surface area (Å²) >= 11 is 6.78. The lowest BCUT2D eigenvalue weighted by atomic mass is 10.1. The highest BCUT2D eigenvalue weighted by Crippen LogP contribution is 2.34. The highest BCUT2D eigenvalue weighted by Gasteiger charge is 2.13. The molecule has 0 amide bonds. The van der Waals surface area contributed by atoms with Gasteiger partial charge < -0.3 is 9.47 Å². The van der Waals surface area contributed by atoms with Crippen LogP contribution >= 0.6 is 31.9 Å². The van der Waals surface area contributed by atoms with Crippen molar-refractivity contribution in [1.82, 2.24) is 0 Å². The van der Waals surface area contributed by atoms with E-state index in [0.29, 0.717) is 17.9 Å². The molecule has 20 heavy (non-hydrogen) atoms. The van der Waals surface area contributed by atoms with Crippen molar-refractivity contribution in [3.05, 3.63) is 32.2 Å². The molecule has 0 unspecified atom stereocenters. The van der Waals surface area contributed by atoms with Crippen molar-refractivity contribution < 1.29 is 14.3 Å². The predicted octanol–water partition coefficient (Wildman–Crippen LogP) is 4.08. The first-order chi connectivity index (χ1) is 9.53. The van der Waals surface area contributed by atoms with Gasteiger partial charge in [0.1, 0.15) is 17.4 Å². The van der Waals surface area contributed by atoms with E-state index in [1.807, 2.05) is 19.1 Å². The molecule has 0 radical (unpaired) electrons. The third kappa shape index (κ3) is 4.36. The minimum atomic E-state index is -0.676. The Balaban J connectivity index is 3.31. The van der Waals surface area contributed by atoms with Gasteiger partial charge in [0.2, 0.25) is 0 Å². The highest BCUT2D eigenvalue weighted by atomic mass is 79.9. The van der Waals surface area contributed by atoms with Crippen molar-refractivity contribution in [1.29, 1.82) is 5.26 Å². The van der Waals surface area contributed by atoms with Crippen LogP contribution in [0.1, 0.15) is 18.9 Å². The van der Waals surface area contributed by atoms with Crippen LogP contribution in [0.5, 0.6) is 5.75 Å². The Kier molecular flexibility index (Phi) is 6.76. The first-order valence-corrected chi connectivity index (χ1v) is 7.44. The quantitative estimate of drug-likeness (QED) is 0.423. The normalized spacial score (nSPS) is 10.8. The van der Waals surface area contributed by atoms with E-state index in [4.69, 9.17) is 10.00 Å². The molecule has 1 aromatic rings. The molecule has 0 heterocycles. The summed E-state index contributed by atoms with van der Waals surface area (Å²) in [6.45, 7) is 2.54. The van der Waals surface area contributed by atoms with Crippen molar-refractivity contribution in [2.75, 3.05) is 13.7 Å². The number of nitriles is 1. The van der Waals surface area contributed by atoms with Crippen molar-refractivity contribution in [3.63, 3.8) is 0 Å². The van der Waals surface area contributed by atoms with E-state index in [9.17, 15) is 4.79 Å². The monoisotopic (exact) mass is 401 g/mol. The van der Waals surface area contributed by atoms with Crippen LogP contribution in [-0.4, -0.2) is 19.7 Å². The average Bonchev–Trinajstić information content (AvgIpc) is 2.42. The second kappa shape index (κ2) is 8.08. The number of methoxy groups -OCH3 is 1. The van der Waals surface area contributed by atoms with Crippen LogP contribution in [-0.2, 0) is 9.53 Å². The molecule has 6 heteroatoms. The Hall–Kier alpha value is -1.32. The highest BCUT2D eigenvalue weighted by molar-refractivity contribution is 9.11. The summed E-state index contributed by atoms with van der Waals surface area (Å²) < 4.78 is 11.8. The number of nitrogens with zero attached hydrogens (tertiary/aromatic N) is 1. The van der Waals surface area contributed by atoms with E-state index < -0.39 is 5.97 Å². The van der Waals surface area contributed by atoms with E-state index in [1.54, 1.807) is 6.07 Å². The zero-order valence-corrected chi connectivity index (χ0v) is 14.2. The molecule has 0 bridgehead atoms. The fourth-order valence-electron chi connectivity index (χ4n) is 1.45. The molecule has 4 nitrogen and oxygen atoms in total. The van der Waals surface area contributed by atoms with Crippen LogP contribution < -0.4 is 4.74 Å². The summed E-state index contributed by atoms with van der Waals surface area (Å²) in [7, 11) is 1.23. The number of rotatable bonds is 5. The van der Waals surface area contributed by atoms with Crippen molar-refractivity contribution in [2.24, 2.45) is 0 Å². The van der Waals surface area contributed by atoms with E-state index in [-0.39, 0.29) is 5.57 Å². The van der Waals surface area contributed by atoms with Crippen molar-refractivity contribution in [3.8, 4) is 11.8 Å². The van der Waals surface area contributed by atoms with Gasteiger partial charge in [-0.05, 0) is 40.6 Å². The standard InChI is InChI=1S/C14H13Br2NO3/c1-3-4-20-13-9(6-11(15)7-12(13)16)5-10(8-17)14(18)19-2/h5-7H,3-4H2,1-2H3/b10-5+. The van der Waals surface area contributed by atoms with Crippen LogP contribution in [0.2, 0.25) is 0 Å². The molecule has 0 aromatic heterocycles. The fraction of sp³-hybridized carbons (Fsp3) is 0.286. The number of ether oxygens (including phenoxy) is 2.